The van der Waals surface area contributed by atoms with Gasteiger partial charge >= 0.3 is 0 Å². The third-order valence-electron chi connectivity index (χ3n) is 4.49. The molecule has 5 nitrogen and oxygen atoms in total. The Morgan fingerprint density at radius 2 is 1.89 bits per heavy atom. The molecule has 0 spiro atoms. The van der Waals surface area contributed by atoms with Crippen LogP contribution in [0.3, 0.4) is 0 Å². The molecule has 0 heterocycles. The van der Waals surface area contributed by atoms with Gasteiger partial charge in [0.15, 0.2) is 0 Å². The summed E-state index contributed by atoms with van der Waals surface area (Å²) in [7, 11) is -1.96. The van der Waals surface area contributed by atoms with E-state index in [9.17, 15) is 13.2 Å². The Hall–Kier alpha value is -1.44. The Kier molecular flexibility index (Phi) is 7.65. The quantitative estimate of drug-likeness (QED) is 0.648. The van der Waals surface area contributed by atoms with Crippen LogP contribution in [0.5, 0.6) is 0 Å². The lowest BCUT2D eigenvalue weighted by Crippen LogP contribution is -2.39. The number of nitrogens with zero attached hydrogens (tertiary/aromatic N) is 1. The van der Waals surface area contributed by atoms with Crippen molar-refractivity contribution in [2.45, 2.75) is 43.8 Å². The van der Waals surface area contributed by atoms with Gasteiger partial charge < -0.3 is 5.32 Å². The first-order valence-electron chi connectivity index (χ1n) is 9.30. The van der Waals surface area contributed by atoms with E-state index in [1.54, 1.807) is 25.3 Å². The summed E-state index contributed by atoms with van der Waals surface area (Å²) in [5.41, 5.74) is 1.41. The van der Waals surface area contributed by atoms with E-state index in [0.29, 0.717) is 18.7 Å². The van der Waals surface area contributed by atoms with Gasteiger partial charge in [0.05, 0.1) is 10.1 Å². The van der Waals surface area contributed by atoms with Crippen molar-refractivity contribution in [2.24, 2.45) is 5.41 Å². The monoisotopic (exact) mass is 468 g/mol. The van der Waals surface area contributed by atoms with Gasteiger partial charge in [0.2, 0.25) is 10.0 Å². The van der Waals surface area contributed by atoms with E-state index < -0.39 is 15.3 Å². The Morgan fingerprint density at radius 3 is 2.50 bits per heavy atom. The number of amides is 1. The number of alkyl halides is 1. The number of rotatable bonds is 6. The van der Waals surface area contributed by atoms with Crippen molar-refractivity contribution < 1.29 is 13.2 Å². The zero-order valence-electron chi connectivity index (χ0n) is 16.9. The number of nitrogens with one attached hydrogen (secondary N) is 1. The van der Waals surface area contributed by atoms with Crippen molar-refractivity contribution in [3.63, 3.8) is 0 Å². The molecule has 1 aromatic rings. The van der Waals surface area contributed by atoms with Crippen molar-refractivity contribution in [3.8, 4) is 0 Å². The molecule has 0 saturated carbocycles. The number of benzene rings is 1. The number of halogens is 1. The Balaban J connectivity index is 2.12. The first kappa shape index (κ1) is 22.8. The van der Waals surface area contributed by atoms with Gasteiger partial charge in [0, 0.05) is 25.7 Å². The van der Waals surface area contributed by atoms with Gasteiger partial charge in [-0.15, -0.1) is 0 Å². The minimum Gasteiger partial charge on any atom is -0.352 e. The normalized spacial score (nSPS) is 20.6. The van der Waals surface area contributed by atoms with Gasteiger partial charge in [-0.2, -0.15) is 0 Å². The van der Waals surface area contributed by atoms with Crippen LogP contribution in [0, 0.1) is 5.41 Å². The fraction of sp³-hybridized carbons (Fsp3) is 0.476. The lowest BCUT2D eigenvalue weighted by molar-refractivity contribution is -0.117. The highest BCUT2D eigenvalue weighted by molar-refractivity contribution is 9.09. The predicted octanol–water partition coefficient (Wildman–Crippen LogP) is 3.63. The fourth-order valence-electron chi connectivity index (χ4n) is 2.82. The zero-order valence-corrected chi connectivity index (χ0v) is 19.3. The van der Waals surface area contributed by atoms with E-state index in [1.807, 2.05) is 51.1 Å². The summed E-state index contributed by atoms with van der Waals surface area (Å²) in [4.78, 5) is 12.1. The standard InChI is InChI=1S/C21H29BrN2O3S/c1-21(2,3)15-23-20(25)17-10-12-18(22)19(13-11-17)28(26,27)24(4)14-16-8-6-5-7-9-16/h5-12,18-19H,13-15H2,1-4H3,(H,23,25). The second kappa shape index (κ2) is 9.37. The largest absolute Gasteiger partial charge is 0.352 e. The second-order valence-electron chi connectivity index (χ2n) is 8.27. The summed E-state index contributed by atoms with van der Waals surface area (Å²) in [6, 6.07) is 9.50. The Morgan fingerprint density at radius 1 is 1.25 bits per heavy atom. The lowest BCUT2D eigenvalue weighted by atomic mass is 9.97. The SMILES string of the molecule is CN(Cc1ccccc1)S(=O)(=O)C1CC=C(C(=O)NCC(C)(C)C)C=CC1Br. The van der Waals surface area contributed by atoms with Crippen LogP contribution in [0.25, 0.3) is 0 Å². The third-order valence-corrected chi connectivity index (χ3v) is 8.03. The second-order valence-corrected chi connectivity index (χ2v) is 11.6. The number of carbonyl (C=O) groups is 1. The summed E-state index contributed by atoms with van der Waals surface area (Å²) in [6.45, 7) is 7.00. The molecule has 0 aromatic heterocycles. The number of carbonyl (C=O) groups excluding carboxylic acids is 1. The number of allylic oxidation sites excluding steroid dienone is 2. The lowest BCUT2D eigenvalue weighted by Gasteiger charge is -2.25. The Labute approximate surface area is 177 Å². The molecule has 1 aliphatic carbocycles. The van der Waals surface area contributed by atoms with E-state index in [2.05, 4.69) is 21.2 Å². The van der Waals surface area contributed by atoms with Crippen LogP contribution in [0.1, 0.15) is 32.8 Å². The van der Waals surface area contributed by atoms with Gasteiger partial charge in [-0.3, -0.25) is 4.79 Å². The third kappa shape index (κ3) is 6.29. The molecule has 154 valence electrons. The highest BCUT2D eigenvalue weighted by Crippen LogP contribution is 2.27. The number of hydrogen-bond acceptors (Lipinski definition) is 3. The molecule has 0 saturated heterocycles. The summed E-state index contributed by atoms with van der Waals surface area (Å²) in [5.74, 6) is -0.179. The van der Waals surface area contributed by atoms with Crippen molar-refractivity contribution in [1.29, 1.82) is 0 Å². The number of hydrogen-bond donors (Lipinski definition) is 1. The van der Waals surface area contributed by atoms with E-state index in [1.165, 1.54) is 4.31 Å². The molecule has 28 heavy (non-hydrogen) atoms. The molecule has 0 bridgehead atoms. The molecule has 0 aliphatic heterocycles. The maximum atomic E-state index is 13.1. The van der Waals surface area contributed by atoms with Crippen LogP contribution >= 0.6 is 15.9 Å². The first-order valence-corrected chi connectivity index (χ1v) is 11.7. The maximum absolute atomic E-state index is 13.1. The van der Waals surface area contributed by atoms with E-state index in [4.69, 9.17) is 0 Å². The summed E-state index contributed by atoms with van der Waals surface area (Å²) < 4.78 is 27.6. The van der Waals surface area contributed by atoms with E-state index in [-0.39, 0.29) is 22.6 Å². The van der Waals surface area contributed by atoms with Crippen molar-refractivity contribution in [1.82, 2.24) is 9.62 Å². The molecule has 7 heteroatoms. The van der Waals surface area contributed by atoms with E-state index >= 15 is 0 Å². The molecule has 2 unspecified atom stereocenters. The van der Waals surface area contributed by atoms with Gasteiger partial charge in [0.25, 0.3) is 5.91 Å². The van der Waals surface area contributed by atoms with Crippen LogP contribution in [0.4, 0.5) is 0 Å². The minimum absolute atomic E-state index is 0.0192. The highest BCUT2D eigenvalue weighted by atomic mass is 79.9. The molecule has 2 atom stereocenters. The molecule has 1 N–H and O–H groups in total. The van der Waals surface area contributed by atoms with Gasteiger partial charge in [0.1, 0.15) is 0 Å². The van der Waals surface area contributed by atoms with E-state index in [0.717, 1.165) is 5.56 Å². The molecule has 1 amide bonds. The van der Waals surface area contributed by atoms with Crippen molar-refractivity contribution in [2.75, 3.05) is 13.6 Å². The van der Waals surface area contributed by atoms with Crippen molar-refractivity contribution in [3.05, 3.63) is 59.7 Å². The zero-order chi connectivity index (χ0) is 20.9. The van der Waals surface area contributed by atoms with Crippen LogP contribution < -0.4 is 5.32 Å². The molecule has 0 fully saturated rings. The molecule has 2 rings (SSSR count). The fourth-order valence-corrected chi connectivity index (χ4v) is 5.56. The maximum Gasteiger partial charge on any atom is 0.250 e. The van der Waals surface area contributed by atoms with Crippen LogP contribution in [-0.4, -0.2) is 42.3 Å². The Bertz CT molecular complexity index is 842. The summed E-state index contributed by atoms with van der Waals surface area (Å²) in [5, 5.41) is 2.23. The summed E-state index contributed by atoms with van der Waals surface area (Å²) in [6.07, 6.45) is 5.43. The van der Waals surface area contributed by atoms with Crippen molar-refractivity contribution >= 4 is 31.9 Å². The van der Waals surface area contributed by atoms with Gasteiger partial charge in [-0.25, -0.2) is 12.7 Å². The predicted molar refractivity (Wildman–Crippen MR) is 118 cm³/mol. The summed E-state index contributed by atoms with van der Waals surface area (Å²) >= 11 is 3.48. The number of sulfonamides is 1. The molecule has 0 radical (unpaired) electrons. The molecule has 1 aromatic carbocycles. The molecular formula is C21H29BrN2O3S. The van der Waals surface area contributed by atoms with Crippen LogP contribution in [-0.2, 0) is 21.4 Å². The highest BCUT2D eigenvalue weighted by Gasteiger charge is 2.34. The molecule has 1 aliphatic rings. The van der Waals surface area contributed by atoms with Gasteiger partial charge in [-0.1, -0.05) is 85.3 Å². The van der Waals surface area contributed by atoms with Gasteiger partial charge in [-0.05, 0) is 17.4 Å². The average Bonchev–Trinajstić information content (AvgIpc) is 2.82. The smallest absolute Gasteiger partial charge is 0.250 e. The topological polar surface area (TPSA) is 66.5 Å². The minimum atomic E-state index is -3.56. The van der Waals surface area contributed by atoms with Crippen LogP contribution in [0.15, 0.2) is 54.1 Å². The molecular weight excluding hydrogens is 440 g/mol. The average molecular weight is 469 g/mol. The first-order chi connectivity index (χ1) is 13.0. The van der Waals surface area contributed by atoms with Crippen LogP contribution in [0.2, 0.25) is 0 Å².